The molecule has 5 heteroatoms. The number of rotatable bonds is 3. The third-order valence-electron chi connectivity index (χ3n) is 3.34. The molecule has 0 aliphatic carbocycles. The number of hydrogen-bond donors (Lipinski definition) is 1. The molecule has 0 atom stereocenters. The Balaban J connectivity index is 2.32. The van der Waals surface area contributed by atoms with Crippen molar-refractivity contribution in [3.63, 3.8) is 0 Å². The van der Waals surface area contributed by atoms with Gasteiger partial charge >= 0.3 is 0 Å². The van der Waals surface area contributed by atoms with Crippen molar-refractivity contribution in [1.29, 1.82) is 0 Å². The van der Waals surface area contributed by atoms with Crippen LogP contribution in [0.15, 0.2) is 35.1 Å². The summed E-state index contributed by atoms with van der Waals surface area (Å²) in [6.07, 6.45) is 1.46. The molecule has 1 N–H and O–H groups in total. The molecule has 20 heavy (non-hydrogen) atoms. The molecule has 1 aromatic carbocycles. The maximum atomic E-state index is 12.3. The second-order valence-corrected chi connectivity index (χ2v) is 4.61. The van der Waals surface area contributed by atoms with E-state index in [4.69, 9.17) is 0 Å². The highest BCUT2D eigenvalue weighted by Gasteiger charge is 2.14. The van der Waals surface area contributed by atoms with E-state index < -0.39 is 0 Å². The molecular weight excluding hydrogens is 252 g/mol. The Hall–Kier alpha value is -2.43. The average molecular weight is 268 g/mol. The number of imidazole rings is 1. The first-order chi connectivity index (χ1) is 9.74. The van der Waals surface area contributed by atoms with Gasteiger partial charge in [0.1, 0.15) is 5.82 Å². The Labute approximate surface area is 116 Å². The van der Waals surface area contributed by atoms with Gasteiger partial charge in [-0.3, -0.25) is 4.79 Å². The number of hydrogen-bond acceptors (Lipinski definition) is 3. The number of benzene rings is 1. The molecular formula is C15H16N4O. The first-order valence-corrected chi connectivity index (χ1v) is 6.80. The van der Waals surface area contributed by atoms with Gasteiger partial charge in [-0.1, -0.05) is 44.2 Å². The summed E-state index contributed by atoms with van der Waals surface area (Å²) >= 11 is 0. The molecule has 0 aliphatic heterocycles. The Morgan fingerprint density at radius 2 is 1.90 bits per heavy atom. The normalized spacial score (nSPS) is 11.1. The molecule has 2 heterocycles. The van der Waals surface area contributed by atoms with Crippen LogP contribution in [0.25, 0.3) is 16.9 Å². The molecule has 2 aromatic heterocycles. The molecule has 0 spiro atoms. The molecule has 0 unspecified atom stereocenters. The van der Waals surface area contributed by atoms with E-state index >= 15 is 0 Å². The van der Waals surface area contributed by atoms with Crippen molar-refractivity contribution in [3.05, 3.63) is 52.2 Å². The van der Waals surface area contributed by atoms with Crippen LogP contribution in [0.2, 0.25) is 0 Å². The highest BCUT2D eigenvalue weighted by Crippen LogP contribution is 2.15. The number of fused-ring (bicyclic) bond motifs is 1. The molecule has 3 aromatic rings. The molecule has 102 valence electrons. The van der Waals surface area contributed by atoms with E-state index in [1.165, 1.54) is 0 Å². The second-order valence-electron chi connectivity index (χ2n) is 4.61. The lowest BCUT2D eigenvalue weighted by Gasteiger charge is -2.03. The van der Waals surface area contributed by atoms with E-state index in [0.29, 0.717) is 11.3 Å². The molecule has 0 amide bonds. The Morgan fingerprint density at radius 1 is 1.15 bits per heavy atom. The van der Waals surface area contributed by atoms with Gasteiger partial charge in [0.2, 0.25) is 0 Å². The minimum absolute atomic E-state index is 0.136. The Morgan fingerprint density at radius 3 is 2.55 bits per heavy atom. The minimum Gasteiger partial charge on any atom is -0.303 e. The summed E-state index contributed by atoms with van der Waals surface area (Å²) < 4.78 is 1.68. The highest BCUT2D eigenvalue weighted by atomic mass is 16.1. The molecule has 5 nitrogen and oxygen atoms in total. The number of aromatic nitrogens is 4. The third kappa shape index (κ3) is 1.91. The van der Waals surface area contributed by atoms with Gasteiger partial charge < -0.3 is 4.98 Å². The fraction of sp³-hybridized carbons (Fsp3) is 0.267. The average Bonchev–Trinajstić information content (AvgIpc) is 2.86. The molecule has 0 aliphatic rings. The van der Waals surface area contributed by atoms with Gasteiger partial charge in [0.25, 0.3) is 5.56 Å². The standard InChI is InChI=1S/C15H16N4O/c1-3-11-13-15(20)17-14(10-8-6-5-7-9-10)18-19(13)12(4-2)16-11/h5-9H,3-4H2,1-2H3,(H,17,18,20). The van der Waals surface area contributed by atoms with Crippen LogP contribution in [0.3, 0.4) is 0 Å². The van der Waals surface area contributed by atoms with Crippen LogP contribution in [0.1, 0.15) is 25.4 Å². The smallest absolute Gasteiger partial charge is 0.277 e. The van der Waals surface area contributed by atoms with Crippen molar-refractivity contribution in [2.45, 2.75) is 26.7 Å². The zero-order valence-electron chi connectivity index (χ0n) is 11.6. The van der Waals surface area contributed by atoms with Gasteiger partial charge in [-0.15, -0.1) is 5.10 Å². The lowest BCUT2D eigenvalue weighted by molar-refractivity contribution is 0.810. The summed E-state index contributed by atoms with van der Waals surface area (Å²) in [5.41, 5.74) is 2.11. The molecule has 3 rings (SSSR count). The van der Waals surface area contributed by atoms with Gasteiger partial charge in [0.15, 0.2) is 11.3 Å². The Bertz CT molecular complexity index is 802. The summed E-state index contributed by atoms with van der Waals surface area (Å²) in [5, 5.41) is 4.54. The van der Waals surface area contributed by atoms with Crippen LogP contribution >= 0.6 is 0 Å². The number of nitrogens with zero attached hydrogens (tertiary/aromatic N) is 3. The predicted molar refractivity (Wildman–Crippen MR) is 77.8 cm³/mol. The summed E-state index contributed by atoms with van der Waals surface area (Å²) in [7, 11) is 0. The number of aromatic amines is 1. The van der Waals surface area contributed by atoms with Crippen molar-refractivity contribution < 1.29 is 0 Å². The topological polar surface area (TPSA) is 63.1 Å². The molecule has 0 saturated heterocycles. The van der Waals surface area contributed by atoms with Gasteiger partial charge in [-0.05, 0) is 6.42 Å². The van der Waals surface area contributed by atoms with Crippen LogP contribution < -0.4 is 5.56 Å². The van der Waals surface area contributed by atoms with Crippen molar-refractivity contribution in [3.8, 4) is 11.4 Å². The molecule has 0 bridgehead atoms. The lowest BCUT2D eigenvalue weighted by Crippen LogP contribution is -2.15. The first-order valence-electron chi connectivity index (χ1n) is 6.80. The van der Waals surface area contributed by atoms with Crippen molar-refractivity contribution in [2.75, 3.05) is 0 Å². The van der Waals surface area contributed by atoms with Crippen LogP contribution in [-0.4, -0.2) is 19.6 Å². The van der Waals surface area contributed by atoms with Gasteiger partial charge in [-0.2, -0.15) is 0 Å². The summed E-state index contributed by atoms with van der Waals surface area (Å²) in [6, 6.07) is 9.63. The van der Waals surface area contributed by atoms with E-state index in [1.54, 1.807) is 4.52 Å². The zero-order valence-corrected chi connectivity index (χ0v) is 11.6. The van der Waals surface area contributed by atoms with Crippen molar-refractivity contribution in [2.24, 2.45) is 0 Å². The van der Waals surface area contributed by atoms with E-state index in [9.17, 15) is 4.79 Å². The van der Waals surface area contributed by atoms with Gasteiger partial charge in [0, 0.05) is 12.0 Å². The van der Waals surface area contributed by atoms with Gasteiger partial charge in [-0.25, -0.2) is 9.50 Å². The number of H-pyrrole nitrogens is 1. The summed E-state index contributed by atoms with van der Waals surface area (Å²) in [4.78, 5) is 19.7. The van der Waals surface area contributed by atoms with Crippen LogP contribution in [-0.2, 0) is 12.8 Å². The fourth-order valence-corrected chi connectivity index (χ4v) is 2.34. The molecule has 0 fully saturated rings. The quantitative estimate of drug-likeness (QED) is 0.792. The monoisotopic (exact) mass is 268 g/mol. The van der Waals surface area contributed by atoms with E-state index in [0.717, 1.165) is 29.9 Å². The largest absolute Gasteiger partial charge is 0.303 e. The predicted octanol–water partition coefficient (Wildman–Crippen LogP) is 2.21. The van der Waals surface area contributed by atoms with Crippen LogP contribution in [0.5, 0.6) is 0 Å². The number of nitrogens with one attached hydrogen (secondary N) is 1. The van der Waals surface area contributed by atoms with Crippen LogP contribution in [0.4, 0.5) is 0 Å². The zero-order chi connectivity index (χ0) is 14.1. The van der Waals surface area contributed by atoms with Gasteiger partial charge in [0.05, 0.1) is 5.69 Å². The van der Waals surface area contributed by atoms with Crippen molar-refractivity contribution >= 4 is 5.52 Å². The first kappa shape index (κ1) is 12.6. The Kier molecular flexibility index (Phi) is 3.10. The second kappa shape index (κ2) is 4.92. The highest BCUT2D eigenvalue weighted by molar-refractivity contribution is 5.57. The van der Waals surface area contributed by atoms with E-state index in [-0.39, 0.29) is 5.56 Å². The van der Waals surface area contributed by atoms with Crippen molar-refractivity contribution in [1.82, 2.24) is 19.6 Å². The van der Waals surface area contributed by atoms with E-state index in [2.05, 4.69) is 15.1 Å². The summed E-state index contributed by atoms with van der Waals surface area (Å²) in [5.74, 6) is 1.39. The third-order valence-corrected chi connectivity index (χ3v) is 3.34. The SMILES string of the molecule is CCc1nc(CC)n2nc(-c3ccccc3)[nH]c(=O)c12. The summed E-state index contributed by atoms with van der Waals surface area (Å²) in [6.45, 7) is 4.01. The maximum Gasteiger partial charge on any atom is 0.277 e. The van der Waals surface area contributed by atoms with Crippen LogP contribution in [0, 0.1) is 0 Å². The molecule has 0 radical (unpaired) electrons. The number of aryl methyl sites for hydroxylation is 2. The maximum absolute atomic E-state index is 12.3. The van der Waals surface area contributed by atoms with E-state index in [1.807, 2.05) is 44.2 Å². The molecule has 0 saturated carbocycles. The fourth-order valence-electron chi connectivity index (χ4n) is 2.34. The minimum atomic E-state index is -0.136. The lowest BCUT2D eigenvalue weighted by atomic mass is 10.2.